The zero-order valence-corrected chi connectivity index (χ0v) is 98.6. The minimum Gasteiger partial charge on any atom is -0.395 e. The molecule has 0 saturated carbocycles. The van der Waals surface area contributed by atoms with Gasteiger partial charge in [0.15, 0.2) is 66.5 Å². The molecule has 0 radical (unpaired) electrons. The van der Waals surface area contributed by atoms with E-state index in [4.69, 9.17) is 164 Å². The SMILES string of the molecule is C[Si](C)(CCCOCC(O)CN=[N+]=[N-])O[Si]12O[Si]3(O[Si](C)(C)CCCOCC(O)CN=[N+]=[N-])O[Si]4(O[Si](C)(C)CCCOCC(O)CN=[N+]=[N-])O[Si](O[Si](C)(C)CCCOCC(O)CN=[N+]=[N-])(O1)O[Si]1(O[Si](C)(C)CCCOCC(O)CN=[N+]=[N-])O[Si](O[Si](C)(C)CCCOCC(O)CN=[N+]=[N-])(O2)O[Si](O[Si](C)(C)CCCOCC(O)CN=[N+]=[N-])(O3)O[Si](O[Si](C)(C)CCCOCC(O)CN=[N+]=[N-])(O4)O1. The number of rotatable bonds is 80. The van der Waals surface area contributed by atoms with Crippen LogP contribution in [0.2, 0.25) is 153 Å². The Hall–Kier alpha value is -3.49. The topological polar surface area (TPSA) is 810 Å². The van der Waals surface area contributed by atoms with Crippen molar-refractivity contribution in [3.05, 3.63) is 83.5 Å². The number of azide groups is 8. The Morgan fingerprint density at radius 2 is 0.286 bits per heavy atom. The molecule has 6 fully saturated rings. The molecule has 6 heterocycles. The number of nitrogens with zero attached hydrogens (tertiary/aromatic N) is 24. The average molecular weight is 2280 g/mol. The second kappa shape index (κ2) is 61.0. The van der Waals surface area contributed by atoms with E-state index < -0.39 is 188 Å². The van der Waals surface area contributed by atoms with Crippen LogP contribution in [-0.2, 0) is 120 Å². The smallest absolute Gasteiger partial charge is 0.395 e. The van der Waals surface area contributed by atoms with Crippen molar-refractivity contribution in [3.8, 4) is 0 Å². The number of aliphatic hydroxyl groups is 8. The summed E-state index contributed by atoms with van der Waals surface area (Å²) in [6, 6.07) is 0.915. The van der Waals surface area contributed by atoms with E-state index in [1.54, 1.807) is 105 Å². The lowest BCUT2D eigenvalue weighted by Crippen LogP contribution is -2.93. The van der Waals surface area contributed by atoms with Crippen LogP contribution >= 0.6 is 0 Å². The molecule has 800 valence electrons. The molecule has 0 amide bonds. The van der Waals surface area contributed by atoms with Gasteiger partial charge >= 0.3 is 72.4 Å². The van der Waals surface area contributed by atoms with Gasteiger partial charge in [-0.05, 0) is 249 Å². The molecule has 0 aromatic rings. The quantitative estimate of drug-likeness (QED) is 0.00922. The first kappa shape index (κ1) is 127. The van der Waals surface area contributed by atoms with E-state index in [1.807, 2.05) is 0 Å². The van der Waals surface area contributed by atoms with E-state index >= 15 is 0 Å². The number of hydrogen-bond donors (Lipinski definition) is 8. The summed E-state index contributed by atoms with van der Waals surface area (Å²) in [5, 5.41) is 114. The fourth-order valence-corrected chi connectivity index (χ4v) is 87.6. The predicted octanol–water partition coefficient (Wildman–Crippen LogP) is 10.1. The molecular weight excluding hydrogens is 2130 g/mol. The second-order valence-corrected chi connectivity index (χ2v) is 94.6. The molecule has 8 unspecified atom stereocenters. The highest BCUT2D eigenvalue weighted by molar-refractivity contribution is 7.04. The van der Waals surface area contributed by atoms with E-state index in [0.717, 1.165) is 0 Å². The first-order valence-corrected chi connectivity index (χ1v) is 83.9. The molecule has 8 atom stereocenters. The van der Waals surface area contributed by atoms with Gasteiger partial charge in [-0.25, -0.2) is 0 Å². The molecule has 0 aliphatic carbocycles. The van der Waals surface area contributed by atoms with Gasteiger partial charge in [0.1, 0.15) is 0 Å². The molecular formula is C64H144N24O36Si16. The monoisotopic (exact) mass is 2270 g/mol. The standard InChI is InChI=1S/C64H144N24O36Si16/c1-125(2,33-17-25-97-49-57(89)41-73-81-65)105-133-113-134(106-126(3,4)34-18-26-98-50-58(90)42-74-82-66)116-137(109-129(9,10)37-21-29-101-53-61(93)45-77-85-69)118-135(114-133,107-127(5,6)35-19-27-99-51-59(91)43-75-83-67)120-139(111-131(13,14)39-23-31-103-55-63(95)47-79-87-71)121-136(115-133,108-128(7,8)36-20-28-100-52-60(92)44-76-84-68)119-138(117-134,110-130(11,12)38-22-30-102-54-62(94)46-78-86-70)123-140(122-137,124-139)112-132(15,16)40-24-32-104-56-64(96)48-80-88-72/h57-64,89-96H,17-56H2,1-16H3. The van der Waals surface area contributed by atoms with Gasteiger partial charge in [0, 0.05) is 92.1 Å². The maximum atomic E-state index is 10.8. The Kier molecular flexibility index (Phi) is 55.3. The summed E-state index contributed by atoms with van der Waals surface area (Å²) < 4.78 is 209. The molecule has 0 aromatic carbocycles. The van der Waals surface area contributed by atoms with Gasteiger partial charge in [-0.3, -0.25) is 0 Å². The zero-order chi connectivity index (χ0) is 104. The largest absolute Gasteiger partial charge is 0.651 e. The van der Waals surface area contributed by atoms with E-state index in [-0.39, 0.29) is 258 Å². The Labute approximate surface area is 830 Å². The second-order valence-electron chi connectivity index (χ2n) is 38.1. The molecule has 8 N–H and O–H groups in total. The van der Waals surface area contributed by atoms with E-state index in [9.17, 15) is 40.9 Å². The average Bonchev–Trinajstić information content (AvgIpc) is 0.675. The van der Waals surface area contributed by atoms with Crippen LogP contribution in [0.15, 0.2) is 40.9 Å². The van der Waals surface area contributed by atoms with Crippen LogP contribution in [0.1, 0.15) is 51.4 Å². The van der Waals surface area contributed by atoms with Crippen LogP contribution in [0.3, 0.4) is 0 Å². The van der Waals surface area contributed by atoms with Gasteiger partial charge in [-0.15, -0.1) is 0 Å². The summed E-state index contributed by atoms with van der Waals surface area (Å²) in [5.74, 6) is 0. The molecule has 6 rings (SSSR count). The fourth-order valence-electron chi connectivity index (χ4n) is 14.0. The molecule has 0 spiro atoms. The van der Waals surface area contributed by atoms with Gasteiger partial charge in [0.05, 0.1) is 154 Å². The lowest BCUT2D eigenvalue weighted by molar-refractivity contribution is -0.130. The van der Waals surface area contributed by atoms with E-state index in [2.05, 4.69) is 80.2 Å². The molecule has 0 aromatic heterocycles. The molecule has 6 saturated heterocycles. The third-order valence-corrected chi connectivity index (χ3v) is 82.2. The van der Waals surface area contributed by atoms with Gasteiger partial charge in [-0.1, -0.05) is 40.9 Å². The summed E-state index contributed by atoms with van der Waals surface area (Å²) in [6.07, 6.45) is -8.07. The highest BCUT2D eigenvalue weighted by Gasteiger charge is 2.93. The Bertz CT molecular complexity index is 3320. The van der Waals surface area contributed by atoms with Crippen LogP contribution in [0.4, 0.5) is 0 Å². The van der Waals surface area contributed by atoms with Crippen LogP contribution in [0.25, 0.3) is 83.5 Å². The summed E-state index contributed by atoms with van der Waals surface area (Å²) in [5.41, 5.74) is 72.9. The highest BCUT2D eigenvalue weighted by Crippen LogP contribution is 2.55. The molecule has 6 aliphatic heterocycles. The molecule has 76 heteroatoms. The third-order valence-electron chi connectivity index (χ3n) is 20.1. The van der Waals surface area contributed by atoms with Gasteiger partial charge < -0.3 is 161 Å². The maximum Gasteiger partial charge on any atom is 0.651 e. The van der Waals surface area contributed by atoms with Crippen molar-refractivity contribution in [3.63, 3.8) is 0 Å². The maximum absolute atomic E-state index is 10.8. The first-order valence-electron chi connectivity index (χ1n) is 45.9. The summed E-state index contributed by atoms with van der Waals surface area (Å²) in [7, 11) is -79.6. The van der Waals surface area contributed by atoms with Crippen molar-refractivity contribution in [1.82, 2.24) is 0 Å². The van der Waals surface area contributed by atoms with Gasteiger partial charge in [0.2, 0.25) is 0 Å². The van der Waals surface area contributed by atoms with Crippen molar-refractivity contribution in [1.29, 1.82) is 0 Å². The first-order chi connectivity index (χ1) is 65.8. The molecule has 6 aliphatic rings. The van der Waals surface area contributed by atoms with Crippen LogP contribution < -0.4 is 0 Å². The summed E-state index contributed by atoms with van der Waals surface area (Å²) in [4.78, 5) is 22.2. The minimum absolute atomic E-state index is 0.0234. The van der Waals surface area contributed by atoms with Crippen LogP contribution in [0, 0.1) is 0 Å². The van der Waals surface area contributed by atoms with Gasteiger partial charge in [-0.2, -0.15) is 0 Å². The fraction of sp³-hybridized carbons (Fsp3) is 1.00. The van der Waals surface area contributed by atoms with Crippen LogP contribution in [0.5, 0.6) is 0 Å². The van der Waals surface area contributed by atoms with Crippen molar-refractivity contribution in [2.75, 3.05) is 158 Å². The Balaban J connectivity index is 2.16. The van der Waals surface area contributed by atoms with E-state index in [1.165, 1.54) is 0 Å². The number of hydrogen-bond acceptors (Lipinski definition) is 44. The third kappa shape index (κ3) is 49.3. The minimum atomic E-state index is -6.11. The molecule has 60 nitrogen and oxygen atoms in total. The zero-order valence-electron chi connectivity index (χ0n) is 82.6. The van der Waals surface area contributed by atoms with Crippen LogP contribution in [-0.4, -0.2) is 387 Å². The Morgan fingerprint density at radius 3 is 0.371 bits per heavy atom. The normalized spacial score (nSPS) is 25.0. The predicted molar refractivity (Wildman–Crippen MR) is 530 cm³/mol. The van der Waals surface area contributed by atoms with E-state index in [0.29, 0.717) is 0 Å². The highest BCUT2D eigenvalue weighted by atomic mass is 28.7. The Morgan fingerprint density at radius 1 is 0.193 bits per heavy atom. The number of aliphatic hydroxyl groups excluding tert-OH is 8. The summed E-state index contributed by atoms with van der Waals surface area (Å²) >= 11 is 0. The van der Waals surface area contributed by atoms with Crippen molar-refractivity contribution in [2.24, 2.45) is 40.9 Å². The molecule has 8 bridgehead atoms. The van der Waals surface area contributed by atoms with Crippen molar-refractivity contribution in [2.45, 2.75) is 253 Å². The lowest BCUT2D eigenvalue weighted by Gasteiger charge is -2.61. The lowest BCUT2D eigenvalue weighted by atomic mass is 10.4. The molecule has 140 heavy (non-hydrogen) atoms. The number of ether oxygens (including phenoxy) is 8. The van der Waals surface area contributed by atoms with Crippen molar-refractivity contribution >= 4 is 139 Å². The summed E-state index contributed by atoms with van der Waals surface area (Å²) in [6.45, 7) is 24.3. The van der Waals surface area contributed by atoms with Gasteiger partial charge in [0.25, 0.3) is 0 Å². The van der Waals surface area contributed by atoms with Crippen molar-refractivity contribution < 1.29 is 161 Å².